The number of benzene rings is 2. The van der Waals surface area contributed by atoms with E-state index < -0.39 is 0 Å². The molecule has 0 radical (unpaired) electrons. The number of urea groups is 1. The van der Waals surface area contributed by atoms with E-state index in [0.717, 1.165) is 37.3 Å². The van der Waals surface area contributed by atoms with Crippen molar-refractivity contribution in [3.63, 3.8) is 0 Å². The van der Waals surface area contributed by atoms with E-state index in [1.807, 2.05) is 18.2 Å². The minimum Gasteiger partial charge on any atom is -0.371 e. The van der Waals surface area contributed by atoms with Crippen LogP contribution in [0.5, 0.6) is 0 Å². The molecule has 2 aliphatic rings. The maximum atomic E-state index is 12.6. The number of amides is 3. The largest absolute Gasteiger partial charge is 0.371 e. The summed E-state index contributed by atoms with van der Waals surface area (Å²) in [5.41, 5.74) is 3.02. The quantitative estimate of drug-likeness (QED) is 0.755. The molecule has 0 atom stereocenters. The van der Waals surface area contributed by atoms with Crippen LogP contribution < -0.4 is 20.9 Å². The second-order valence-electron chi connectivity index (χ2n) is 7.15. The van der Waals surface area contributed by atoms with Gasteiger partial charge in [-0.15, -0.1) is 0 Å². The zero-order valence-corrected chi connectivity index (χ0v) is 15.2. The Bertz CT molecular complexity index is 842. The van der Waals surface area contributed by atoms with Gasteiger partial charge in [-0.05, 0) is 62.1 Å². The summed E-state index contributed by atoms with van der Waals surface area (Å²) < 4.78 is 0. The molecule has 3 N–H and O–H groups in total. The fraction of sp³-hybridized carbons (Fsp3) is 0.333. The SMILES string of the molecule is O=C(Nc1cccc(C(=O)Nc2cccc(N3CCCC3)c2)c1)NC1CC1. The predicted octanol–water partition coefficient (Wildman–Crippen LogP) is 3.82. The molecule has 2 aromatic rings. The predicted molar refractivity (Wildman–Crippen MR) is 107 cm³/mol. The minimum absolute atomic E-state index is 0.195. The third-order valence-electron chi connectivity index (χ3n) is 4.87. The summed E-state index contributed by atoms with van der Waals surface area (Å²) in [7, 11) is 0. The molecule has 0 spiro atoms. The second kappa shape index (κ2) is 7.70. The molecule has 0 unspecified atom stereocenters. The zero-order valence-electron chi connectivity index (χ0n) is 15.2. The first-order valence-electron chi connectivity index (χ1n) is 9.51. The Hall–Kier alpha value is -3.02. The number of carbonyl (C=O) groups is 2. The molecule has 1 aliphatic heterocycles. The summed E-state index contributed by atoms with van der Waals surface area (Å²) in [5, 5.41) is 8.60. The molecule has 3 amide bonds. The van der Waals surface area contributed by atoms with Gasteiger partial charge in [-0.3, -0.25) is 4.79 Å². The molecule has 4 rings (SSSR count). The van der Waals surface area contributed by atoms with Crippen LogP contribution in [0.25, 0.3) is 0 Å². The van der Waals surface area contributed by atoms with Gasteiger partial charge in [-0.25, -0.2) is 4.79 Å². The van der Waals surface area contributed by atoms with Crippen LogP contribution >= 0.6 is 0 Å². The lowest BCUT2D eigenvalue weighted by molar-refractivity contribution is 0.102. The molecule has 1 heterocycles. The summed E-state index contributed by atoms with van der Waals surface area (Å²) in [4.78, 5) is 26.8. The summed E-state index contributed by atoms with van der Waals surface area (Å²) in [6.07, 6.45) is 4.49. The number of hydrogen-bond donors (Lipinski definition) is 3. The molecule has 0 bridgehead atoms. The van der Waals surface area contributed by atoms with E-state index in [2.05, 4.69) is 26.9 Å². The molecule has 6 nitrogen and oxygen atoms in total. The Labute approximate surface area is 158 Å². The van der Waals surface area contributed by atoms with Crippen molar-refractivity contribution >= 4 is 29.0 Å². The van der Waals surface area contributed by atoms with Crippen molar-refractivity contribution in [1.82, 2.24) is 5.32 Å². The van der Waals surface area contributed by atoms with Crippen LogP contribution in [0, 0.1) is 0 Å². The number of anilines is 3. The van der Waals surface area contributed by atoms with Crippen LogP contribution in [0.3, 0.4) is 0 Å². The van der Waals surface area contributed by atoms with Gasteiger partial charge in [0.15, 0.2) is 0 Å². The van der Waals surface area contributed by atoms with Crippen LogP contribution in [0.2, 0.25) is 0 Å². The average Bonchev–Trinajstić information content (AvgIpc) is 3.30. The van der Waals surface area contributed by atoms with Gasteiger partial charge in [0.2, 0.25) is 0 Å². The molecule has 1 aliphatic carbocycles. The van der Waals surface area contributed by atoms with Crippen molar-refractivity contribution in [1.29, 1.82) is 0 Å². The number of rotatable bonds is 5. The second-order valence-corrected chi connectivity index (χ2v) is 7.15. The van der Waals surface area contributed by atoms with Gasteiger partial charge in [0.1, 0.15) is 0 Å². The van der Waals surface area contributed by atoms with Crippen molar-refractivity contribution < 1.29 is 9.59 Å². The van der Waals surface area contributed by atoms with E-state index in [9.17, 15) is 9.59 Å². The fourth-order valence-electron chi connectivity index (χ4n) is 3.28. The van der Waals surface area contributed by atoms with Crippen molar-refractivity contribution in [2.24, 2.45) is 0 Å². The Kier molecular flexibility index (Phi) is 4.96. The molecular formula is C21H24N4O2. The molecule has 2 fully saturated rings. The van der Waals surface area contributed by atoms with E-state index in [-0.39, 0.29) is 11.9 Å². The third-order valence-corrected chi connectivity index (χ3v) is 4.87. The first-order chi connectivity index (χ1) is 13.2. The number of carbonyl (C=O) groups excluding carboxylic acids is 2. The highest BCUT2D eigenvalue weighted by molar-refractivity contribution is 6.05. The van der Waals surface area contributed by atoms with Crippen LogP contribution in [0.4, 0.5) is 21.9 Å². The molecule has 2 aromatic carbocycles. The summed E-state index contributed by atoms with van der Waals surface area (Å²) in [5.74, 6) is -0.195. The van der Waals surface area contributed by atoms with E-state index in [0.29, 0.717) is 17.3 Å². The normalized spacial score (nSPS) is 16.1. The van der Waals surface area contributed by atoms with E-state index >= 15 is 0 Å². The van der Waals surface area contributed by atoms with E-state index in [1.54, 1.807) is 24.3 Å². The van der Waals surface area contributed by atoms with Crippen molar-refractivity contribution in [3.05, 3.63) is 54.1 Å². The molecule has 1 saturated heterocycles. The summed E-state index contributed by atoms with van der Waals surface area (Å²) in [6, 6.07) is 15.0. The van der Waals surface area contributed by atoms with Gasteiger partial charge in [-0.2, -0.15) is 0 Å². The van der Waals surface area contributed by atoms with Crippen LogP contribution in [-0.2, 0) is 0 Å². The third kappa shape index (κ3) is 4.58. The Morgan fingerprint density at radius 3 is 2.33 bits per heavy atom. The number of nitrogens with zero attached hydrogens (tertiary/aromatic N) is 1. The van der Waals surface area contributed by atoms with E-state index in [4.69, 9.17) is 0 Å². The highest BCUT2D eigenvalue weighted by atomic mass is 16.2. The van der Waals surface area contributed by atoms with E-state index in [1.165, 1.54) is 12.8 Å². The topological polar surface area (TPSA) is 73.5 Å². The summed E-state index contributed by atoms with van der Waals surface area (Å²) in [6.45, 7) is 2.13. The maximum Gasteiger partial charge on any atom is 0.319 e. The molecule has 140 valence electrons. The zero-order chi connectivity index (χ0) is 18.6. The summed E-state index contributed by atoms with van der Waals surface area (Å²) >= 11 is 0. The van der Waals surface area contributed by atoms with Crippen molar-refractivity contribution in [3.8, 4) is 0 Å². The minimum atomic E-state index is -0.228. The van der Waals surface area contributed by atoms with Crippen molar-refractivity contribution in [2.45, 2.75) is 31.7 Å². The van der Waals surface area contributed by atoms with Gasteiger partial charge in [0, 0.05) is 41.8 Å². The number of nitrogens with one attached hydrogen (secondary N) is 3. The average molecular weight is 364 g/mol. The lowest BCUT2D eigenvalue weighted by Crippen LogP contribution is -2.30. The highest BCUT2D eigenvalue weighted by Gasteiger charge is 2.23. The van der Waals surface area contributed by atoms with Crippen LogP contribution in [0.15, 0.2) is 48.5 Å². The van der Waals surface area contributed by atoms with Gasteiger partial charge >= 0.3 is 6.03 Å². The van der Waals surface area contributed by atoms with Gasteiger partial charge in [0.05, 0.1) is 0 Å². The van der Waals surface area contributed by atoms with Gasteiger partial charge in [-0.1, -0.05) is 12.1 Å². The molecule has 1 saturated carbocycles. The highest BCUT2D eigenvalue weighted by Crippen LogP contribution is 2.24. The monoisotopic (exact) mass is 364 g/mol. The Morgan fingerprint density at radius 1 is 0.889 bits per heavy atom. The van der Waals surface area contributed by atoms with Crippen LogP contribution in [0.1, 0.15) is 36.0 Å². The first-order valence-corrected chi connectivity index (χ1v) is 9.51. The molecular weight excluding hydrogens is 340 g/mol. The maximum absolute atomic E-state index is 12.6. The Morgan fingerprint density at radius 2 is 1.59 bits per heavy atom. The molecule has 6 heteroatoms. The van der Waals surface area contributed by atoms with Crippen molar-refractivity contribution in [2.75, 3.05) is 28.6 Å². The first kappa shape index (κ1) is 17.4. The molecule has 27 heavy (non-hydrogen) atoms. The Balaban J connectivity index is 1.41. The smallest absolute Gasteiger partial charge is 0.319 e. The lowest BCUT2D eigenvalue weighted by Gasteiger charge is -2.18. The molecule has 0 aromatic heterocycles. The van der Waals surface area contributed by atoms with Gasteiger partial charge < -0.3 is 20.9 Å². The standard InChI is InChI=1S/C21H24N4O2/c26-20(22-18-7-4-8-19(14-18)25-11-1-2-12-25)15-5-3-6-17(13-15)24-21(27)23-16-9-10-16/h3-8,13-14,16H,1-2,9-12H2,(H,22,26)(H2,23,24,27). The lowest BCUT2D eigenvalue weighted by atomic mass is 10.1. The van der Waals surface area contributed by atoms with Crippen LogP contribution in [-0.4, -0.2) is 31.1 Å². The number of hydrogen-bond acceptors (Lipinski definition) is 3. The van der Waals surface area contributed by atoms with Gasteiger partial charge in [0.25, 0.3) is 5.91 Å². The fourth-order valence-corrected chi connectivity index (χ4v) is 3.28.